The lowest BCUT2D eigenvalue weighted by Gasteiger charge is -2.30. The van der Waals surface area contributed by atoms with Gasteiger partial charge in [-0.05, 0) is 68.6 Å². The fraction of sp³-hybridized carbons (Fsp3) is 0.647. The van der Waals surface area contributed by atoms with E-state index in [9.17, 15) is 5.11 Å². The van der Waals surface area contributed by atoms with Gasteiger partial charge in [0.25, 0.3) is 0 Å². The summed E-state index contributed by atoms with van der Waals surface area (Å²) < 4.78 is 6.15. The molecule has 2 radical (unpaired) electrons. The van der Waals surface area contributed by atoms with Gasteiger partial charge in [-0.15, -0.1) is 0 Å². The highest BCUT2D eigenvalue weighted by molar-refractivity contribution is 5.20. The first-order valence-corrected chi connectivity index (χ1v) is 7.61. The van der Waals surface area contributed by atoms with Crippen molar-refractivity contribution in [3.05, 3.63) is 30.3 Å². The van der Waals surface area contributed by atoms with Gasteiger partial charge < -0.3 is 4.74 Å². The smallest absolute Gasteiger partial charge is 0.120 e. The van der Waals surface area contributed by atoms with Crippen molar-refractivity contribution in [1.82, 2.24) is 0 Å². The van der Waals surface area contributed by atoms with Crippen molar-refractivity contribution in [3.8, 4) is 5.75 Å². The summed E-state index contributed by atoms with van der Waals surface area (Å²) in [5.41, 5.74) is 0. The van der Waals surface area contributed by atoms with Gasteiger partial charge in [0.15, 0.2) is 0 Å². The van der Waals surface area contributed by atoms with Crippen LogP contribution in [0.25, 0.3) is 0 Å². The van der Waals surface area contributed by atoms with Crippen LogP contribution >= 0.6 is 0 Å². The molecule has 102 valence electrons. The first-order chi connectivity index (χ1) is 9.33. The van der Waals surface area contributed by atoms with Gasteiger partial charge in [0.2, 0.25) is 0 Å². The van der Waals surface area contributed by atoms with Crippen molar-refractivity contribution >= 4 is 0 Å². The normalized spacial score (nSPS) is 35.2. The van der Waals surface area contributed by atoms with Crippen molar-refractivity contribution in [2.75, 3.05) is 0 Å². The summed E-state index contributed by atoms with van der Waals surface area (Å²) in [6, 6.07) is 10.8. The molecule has 0 aromatic heterocycles. The molecule has 0 saturated heterocycles. The summed E-state index contributed by atoms with van der Waals surface area (Å²) >= 11 is 0. The highest BCUT2D eigenvalue weighted by atomic mass is 16.5. The molecular weight excluding hydrogens is 236 g/mol. The second-order valence-electron chi connectivity index (χ2n) is 6.04. The average Bonchev–Trinajstić information content (AvgIpc) is 2.66. The van der Waals surface area contributed by atoms with Gasteiger partial charge in [-0.2, -0.15) is 0 Å². The lowest BCUT2D eigenvalue weighted by molar-refractivity contribution is -0.00114. The maximum absolute atomic E-state index is 12.2. The predicted octanol–water partition coefficient (Wildman–Crippen LogP) is 4.02. The van der Waals surface area contributed by atoms with E-state index >= 15 is 0 Å². The van der Waals surface area contributed by atoms with E-state index in [1.54, 1.807) is 0 Å². The van der Waals surface area contributed by atoms with E-state index in [1.807, 2.05) is 24.3 Å². The number of ether oxygens (including phenoxy) is 1. The van der Waals surface area contributed by atoms with E-state index in [0.29, 0.717) is 11.8 Å². The average molecular weight is 258 g/mol. The standard InChI is InChI=1S/C17H22O2/c18-16-11-12-17(19-15-7-2-1-3-8-15)14-6-4-5-13(16)9-10-14/h1-2,7-8,13-14,16-17H,4-6,9-12H2. The molecule has 4 unspecified atom stereocenters. The molecule has 0 amide bonds. The van der Waals surface area contributed by atoms with Crippen LogP contribution in [0.1, 0.15) is 44.9 Å². The molecule has 19 heavy (non-hydrogen) atoms. The molecule has 2 bridgehead atoms. The third kappa shape index (κ3) is 3.11. The van der Waals surface area contributed by atoms with Crippen LogP contribution in [0, 0.1) is 17.9 Å². The van der Waals surface area contributed by atoms with Crippen LogP contribution in [0.5, 0.6) is 5.75 Å². The molecule has 2 aliphatic rings. The van der Waals surface area contributed by atoms with Crippen LogP contribution in [0.4, 0.5) is 0 Å². The maximum Gasteiger partial charge on any atom is 0.120 e. The Balaban J connectivity index is 1.72. The van der Waals surface area contributed by atoms with Crippen LogP contribution in [0.3, 0.4) is 0 Å². The zero-order valence-corrected chi connectivity index (χ0v) is 11.4. The number of fused-ring (bicyclic) bond motifs is 3. The maximum atomic E-state index is 12.2. The quantitative estimate of drug-likeness (QED) is 0.787. The van der Waals surface area contributed by atoms with Crippen molar-refractivity contribution in [1.29, 1.82) is 0 Å². The van der Waals surface area contributed by atoms with Crippen molar-refractivity contribution < 1.29 is 9.84 Å². The van der Waals surface area contributed by atoms with E-state index in [4.69, 9.17) is 4.74 Å². The van der Waals surface area contributed by atoms with Crippen molar-refractivity contribution in [2.24, 2.45) is 11.8 Å². The monoisotopic (exact) mass is 258 g/mol. The number of hydrogen-bond donors (Lipinski definition) is 0. The van der Waals surface area contributed by atoms with Crippen LogP contribution in [-0.2, 0) is 5.11 Å². The van der Waals surface area contributed by atoms with E-state index in [0.717, 1.165) is 31.4 Å². The molecule has 4 atom stereocenters. The molecule has 1 aromatic rings. The minimum absolute atomic E-state index is 0.228. The number of rotatable bonds is 2. The first-order valence-electron chi connectivity index (χ1n) is 7.61. The molecular formula is C17H22O2. The third-order valence-corrected chi connectivity index (χ3v) is 4.81. The van der Waals surface area contributed by atoms with Gasteiger partial charge in [0.05, 0.1) is 6.10 Å². The predicted molar refractivity (Wildman–Crippen MR) is 73.5 cm³/mol. The molecule has 0 heterocycles. The highest BCUT2D eigenvalue weighted by Crippen LogP contribution is 2.37. The molecule has 2 fully saturated rings. The molecule has 2 nitrogen and oxygen atoms in total. The van der Waals surface area contributed by atoms with Gasteiger partial charge in [0, 0.05) is 0 Å². The van der Waals surface area contributed by atoms with Crippen LogP contribution < -0.4 is 4.74 Å². The molecule has 2 heteroatoms. The van der Waals surface area contributed by atoms with Gasteiger partial charge in [0.1, 0.15) is 11.9 Å². The minimum Gasteiger partial charge on any atom is -0.490 e. The lowest BCUT2D eigenvalue weighted by atomic mass is 9.84. The topological polar surface area (TPSA) is 29.1 Å². The Labute approximate surface area is 115 Å². The SMILES string of the molecule is [O]C1CCC(Oc2c[c]ccc2)C2CCCC1CC2. The molecule has 0 N–H and O–H groups in total. The van der Waals surface area contributed by atoms with Gasteiger partial charge in [-0.1, -0.05) is 18.6 Å². The van der Waals surface area contributed by atoms with E-state index in [2.05, 4.69) is 6.07 Å². The second-order valence-corrected chi connectivity index (χ2v) is 6.04. The van der Waals surface area contributed by atoms with Crippen LogP contribution in [0.15, 0.2) is 24.3 Å². The zero-order valence-electron chi connectivity index (χ0n) is 11.4. The Morgan fingerprint density at radius 1 is 1.05 bits per heavy atom. The summed E-state index contributed by atoms with van der Waals surface area (Å²) in [5.74, 6) is 1.96. The highest BCUT2D eigenvalue weighted by Gasteiger charge is 2.34. The number of hydrogen-bond acceptors (Lipinski definition) is 1. The van der Waals surface area contributed by atoms with Gasteiger partial charge >= 0.3 is 0 Å². The first kappa shape index (κ1) is 13.0. The molecule has 0 spiro atoms. The summed E-state index contributed by atoms with van der Waals surface area (Å²) in [6.07, 6.45) is 7.41. The molecule has 2 aliphatic carbocycles. The molecule has 0 aliphatic heterocycles. The largest absolute Gasteiger partial charge is 0.490 e. The van der Waals surface area contributed by atoms with Crippen molar-refractivity contribution in [2.45, 2.75) is 57.2 Å². The Morgan fingerprint density at radius 2 is 1.89 bits per heavy atom. The lowest BCUT2D eigenvalue weighted by Crippen LogP contribution is -2.31. The minimum atomic E-state index is -0.368. The van der Waals surface area contributed by atoms with Gasteiger partial charge in [-0.3, -0.25) is 0 Å². The van der Waals surface area contributed by atoms with Gasteiger partial charge in [-0.25, -0.2) is 5.11 Å². The summed E-state index contributed by atoms with van der Waals surface area (Å²) in [6.45, 7) is 0. The van der Waals surface area contributed by atoms with E-state index in [-0.39, 0.29) is 12.2 Å². The van der Waals surface area contributed by atoms with Crippen LogP contribution in [-0.4, -0.2) is 12.2 Å². The van der Waals surface area contributed by atoms with E-state index in [1.165, 1.54) is 19.3 Å². The summed E-state index contributed by atoms with van der Waals surface area (Å²) in [4.78, 5) is 0. The fourth-order valence-corrected chi connectivity index (χ4v) is 3.68. The van der Waals surface area contributed by atoms with E-state index < -0.39 is 0 Å². The summed E-state index contributed by atoms with van der Waals surface area (Å²) in [5, 5.41) is 12.2. The number of benzene rings is 1. The Morgan fingerprint density at radius 3 is 2.74 bits per heavy atom. The molecule has 2 saturated carbocycles. The fourth-order valence-electron chi connectivity index (χ4n) is 3.68. The molecule has 3 rings (SSSR count). The Hall–Kier alpha value is -1.02. The van der Waals surface area contributed by atoms with Crippen LogP contribution in [0.2, 0.25) is 0 Å². The Bertz CT molecular complexity index is 390. The summed E-state index contributed by atoms with van der Waals surface area (Å²) in [7, 11) is 0. The Kier molecular flexibility index (Phi) is 4.07. The second kappa shape index (κ2) is 5.96. The molecule has 1 aromatic carbocycles. The third-order valence-electron chi connectivity index (χ3n) is 4.81. The van der Waals surface area contributed by atoms with Crippen molar-refractivity contribution in [3.63, 3.8) is 0 Å². The zero-order chi connectivity index (χ0) is 13.1.